The molecule has 0 fully saturated rings. The predicted octanol–water partition coefficient (Wildman–Crippen LogP) is 0.701. The molecule has 0 spiro atoms. The molecule has 78 valence electrons. The van der Waals surface area contributed by atoms with E-state index in [9.17, 15) is 10.2 Å². The van der Waals surface area contributed by atoms with Crippen molar-refractivity contribution in [1.29, 1.82) is 0 Å². The van der Waals surface area contributed by atoms with Crippen LogP contribution in [0.15, 0.2) is 12.1 Å². The minimum absolute atomic E-state index is 0.0438. The zero-order chi connectivity index (χ0) is 10.7. The average Bonchev–Trinajstić information content (AvgIpc) is 2.21. The first-order valence-corrected chi connectivity index (χ1v) is 4.36. The third kappa shape index (κ3) is 1.81. The van der Waals surface area contributed by atoms with Gasteiger partial charge in [-0.15, -0.1) is 0 Å². The molecule has 1 rings (SSSR count). The number of phenolic OH excluding ortho intramolecular Hbond substituents is 1. The minimum Gasteiger partial charge on any atom is -0.507 e. The van der Waals surface area contributed by atoms with Crippen molar-refractivity contribution in [3.05, 3.63) is 23.3 Å². The summed E-state index contributed by atoms with van der Waals surface area (Å²) in [7, 11) is 1.53. The largest absolute Gasteiger partial charge is 0.507 e. The van der Waals surface area contributed by atoms with Gasteiger partial charge >= 0.3 is 0 Å². The van der Waals surface area contributed by atoms with Crippen molar-refractivity contribution in [2.24, 2.45) is 5.73 Å². The summed E-state index contributed by atoms with van der Waals surface area (Å²) >= 11 is 0. The first-order valence-electron chi connectivity index (χ1n) is 4.36. The number of aliphatic hydroxyl groups excluding tert-OH is 1. The molecule has 0 saturated carbocycles. The summed E-state index contributed by atoms with van der Waals surface area (Å²) in [4.78, 5) is 0. The molecule has 0 aliphatic carbocycles. The number of rotatable bonds is 3. The minimum atomic E-state index is -0.834. The standard InChI is InChI=1S/C10H15NO3/c1-6-9(14-2)4-3-7(10(6)13)8(12)5-11/h3-4,8,12-13H,5,11H2,1-2H3. The maximum atomic E-state index is 9.72. The first kappa shape index (κ1) is 10.8. The van der Waals surface area contributed by atoms with Crippen LogP contribution < -0.4 is 10.5 Å². The van der Waals surface area contributed by atoms with Crippen molar-refractivity contribution in [1.82, 2.24) is 0 Å². The number of hydrogen-bond donors (Lipinski definition) is 3. The van der Waals surface area contributed by atoms with E-state index in [2.05, 4.69) is 0 Å². The van der Waals surface area contributed by atoms with Crippen LogP contribution in [0, 0.1) is 6.92 Å². The van der Waals surface area contributed by atoms with Crippen LogP contribution in [-0.4, -0.2) is 23.9 Å². The number of phenols is 1. The second-order valence-electron chi connectivity index (χ2n) is 3.08. The Morgan fingerprint density at radius 3 is 2.64 bits per heavy atom. The molecule has 4 heteroatoms. The van der Waals surface area contributed by atoms with Gasteiger partial charge in [-0.3, -0.25) is 0 Å². The Hall–Kier alpha value is -1.26. The number of aromatic hydroxyl groups is 1. The SMILES string of the molecule is COc1ccc(C(O)CN)c(O)c1C. The Kier molecular flexibility index (Phi) is 3.33. The molecule has 4 N–H and O–H groups in total. The van der Waals surface area contributed by atoms with Crippen molar-refractivity contribution < 1.29 is 14.9 Å². The predicted molar refractivity (Wildman–Crippen MR) is 53.4 cm³/mol. The van der Waals surface area contributed by atoms with Crippen LogP contribution in [0.3, 0.4) is 0 Å². The van der Waals surface area contributed by atoms with Gasteiger partial charge in [0.05, 0.1) is 13.2 Å². The normalized spacial score (nSPS) is 12.6. The zero-order valence-electron chi connectivity index (χ0n) is 8.32. The van der Waals surface area contributed by atoms with Crippen molar-refractivity contribution in [3.63, 3.8) is 0 Å². The Balaban J connectivity index is 3.17. The number of aliphatic hydroxyl groups is 1. The van der Waals surface area contributed by atoms with Crippen molar-refractivity contribution in [2.75, 3.05) is 13.7 Å². The van der Waals surface area contributed by atoms with Crippen molar-refractivity contribution >= 4 is 0 Å². The van der Waals surface area contributed by atoms with E-state index in [0.29, 0.717) is 16.9 Å². The highest BCUT2D eigenvalue weighted by Crippen LogP contribution is 2.33. The second kappa shape index (κ2) is 4.30. The van der Waals surface area contributed by atoms with Crippen LogP contribution in [0.2, 0.25) is 0 Å². The third-order valence-corrected chi connectivity index (χ3v) is 2.21. The summed E-state index contributed by atoms with van der Waals surface area (Å²) in [5.41, 5.74) is 6.35. The summed E-state index contributed by atoms with van der Waals surface area (Å²) in [5, 5.41) is 19.2. The number of benzene rings is 1. The van der Waals surface area contributed by atoms with Crippen LogP contribution in [0.5, 0.6) is 11.5 Å². The summed E-state index contributed by atoms with van der Waals surface area (Å²) in [6, 6.07) is 3.31. The van der Waals surface area contributed by atoms with Gasteiger partial charge in [0.2, 0.25) is 0 Å². The van der Waals surface area contributed by atoms with E-state index in [-0.39, 0.29) is 12.3 Å². The van der Waals surface area contributed by atoms with E-state index in [4.69, 9.17) is 10.5 Å². The summed E-state index contributed by atoms with van der Waals surface area (Å²) < 4.78 is 5.02. The van der Waals surface area contributed by atoms with Crippen LogP contribution in [0.4, 0.5) is 0 Å². The molecule has 0 heterocycles. The van der Waals surface area contributed by atoms with Gasteiger partial charge in [-0.25, -0.2) is 0 Å². The zero-order valence-corrected chi connectivity index (χ0v) is 8.32. The van der Waals surface area contributed by atoms with Crippen molar-refractivity contribution in [3.8, 4) is 11.5 Å². The smallest absolute Gasteiger partial charge is 0.128 e. The highest BCUT2D eigenvalue weighted by Gasteiger charge is 2.14. The molecule has 0 amide bonds. The molecule has 0 aliphatic rings. The van der Waals surface area contributed by atoms with E-state index in [1.165, 1.54) is 7.11 Å². The first-order chi connectivity index (χ1) is 6.61. The van der Waals surface area contributed by atoms with Crippen LogP contribution in [0.25, 0.3) is 0 Å². The van der Waals surface area contributed by atoms with E-state index >= 15 is 0 Å². The molecule has 0 aromatic heterocycles. The van der Waals surface area contributed by atoms with Gasteiger partial charge in [-0.2, -0.15) is 0 Å². The third-order valence-electron chi connectivity index (χ3n) is 2.21. The van der Waals surface area contributed by atoms with Gasteiger partial charge in [0, 0.05) is 17.7 Å². The number of ether oxygens (including phenoxy) is 1. The summed E-state index contributed by atoms with van der Waals surface area (Å²) in [5.74, 6) is 0.637. The van der Waals surface area contributed by atoms with Crippen LogP contribution >= 0.6 is 0 Å². The lowest BCUT2D eigenvalue weighted by atomic mass is 10.0. The van der Waals surface area contributed by atoms with Gasteiger partial charge in [-0.05, 0) is 19.1 Å². The summed E-state index contributed by atoms with van der Waals surface area (Å²) in [6.07, 6.45) is -0.834. The van der Waals surface area contributed by atoms with Gasteiger partial charge in [0.15, 0.2) is 0 Å². The van der Waals surface area contributed by atoms with Crippen molar-refractivity contribution in [2.45, 2.75) is 13.0 Å². The fourth-order valence-electron chi connectivity index (χ4n) is 1.32. The van der Waals surface area contributed by atoms with Gasteiger partial charge in [-0.1, -0.05) is 0 Å². The fraction of sp³-hybridized carbons (Fsp3) is 0.400. The topological polar surface area (TPSA) is 75.7 Å². The van der Waals surface area contributed by atoms with E-state index < -0.39 is 6.10 Å². The quantitative estimate of drug-likeness (QED) is 0.666. The Morgan fingerprint density at radius 2 is 2.14 bits per heavy atom. The molecular weight excluding hydrogens is 182 g/mol. The molecule has 4 nitrogen and oxygen atoms in total. The molecule has 0 bridgehead atoms. The van der Waals surface area contributed by atoms with Gasteiger partial charge in [0.25, 0.3) is 0 Å². The molecule has 1 aromatic carbocycles. The maximum absolute atomic E-state index is 9.72. The molecule has 0 aliphatic heterocycles. The Bertz CT molecular complexity index is 325. The maximum Gasteiger partial charge on any atom is 0.128 e. The number of hydrogen-bond acceptors (Lipinski definition) is 4. The highest BCUT2D eigenvalue weighted by atomic mass is 16.5. The molecule has 1 aromatic rings. The fourth-order valence-corrected chi connectivity index (χ4v) is 1.32. The molecular formula is C10H15NO3. The van der Waals surface area contributed by atoms with Crippen LogP contribution in [-0.2, 0) is 0 Å². The second-order valence-corrected chi connectivity index (χ2v) is 3.08. The Labute approximate surface area is 82.9 Å². The van der Waals surface area contributed by atoms with E-state index in [0.717, 1.165) is 0 Å². The van der Waals surface area contributed by atoms with E-state index in [1.54, 1.807) is 19.1 Å². The number of nitrogens with two attached hydrogens (primary N) is 1. The molecule has 1 atom stereocenters. The molecule has 0 radical (unpaired) electrons. The lowest BCUT2D eigenvalue weighted by Crippen LogP contribution is -2.12. The molecule has 14 heavy (non-hydrogen) atoms. The van der Waals surface area contributed by atoms with Gasteiger partial charge < -0.3 is 20.7 Å². The number of methoxy groups -OCH3 is 1. The molecule has 1 unspecified atom stereocenters. The summed E-state index contributed by atoms with van der Waals surface area (Å²) in [6.45, 7) is 1.81. The average molecular weight is 197 g/mol. The highest BCUT2D eigenvalue weighted by molar-refractivity contribution is 5.49. The Morgan fingerprint density at radius 1 is 1.50 bits per heavy atom. The lowest BCUT2D eigenvalue weighted by Gasteiger charge is -2.14. The monoisotopic (exact) mass is 197 g/mol. The van der Waals surface area contributed by atoms with E-state index in [1.807, 2.05) is 0 Å². The van der Waals surface area contributed by atoms with Gasteiger partial charge in [0.1, 0.15) is 11.5 Å². The van der Waals surface area contributed by atoms with Crippen LogP contribution in [0.1, 0.15) is 17.2 Å². The lowest BCUT2D eigenvalue weighted by molar-refractivity contribution is 0.182. The molecule has 0 saturated heterocycles.